The molecule has 1 fully saturated rings. The van der Waals surface area contributed by atoms with Crippen LogP contribution in [0.5, 0.6) is 0 Å². The maximum absolute atomic E-state index is 12.2. The van der Waals surface area contributed by atoms with Crippen molar-refractivity contribution in [1.29, 1.82) is 0 Å². The van der Waals surface area contributed by atoms with Crippen LogP contribution >= 0.6 is 0 Å². The lowest BCUT2D eigenvalue weighted by Crippen LogP contribution is -2.44. The van der Waals surface area contributed by atoms with E-state index in [0.29, 0.717) is 11.8 Å². The lowest BCUT2D eigenvalue weighted by atomic mass is 10.1. The minimum Gasteiger partial charge on any atom is -0.444 e. The predicted molar refractivity (Wildman–Crippen MR) is 118 cm³/mol. The van der Waals surface area contributed by atoms with Crippen LogP contribution in [0.4, 0.5) is 16.6 Å². The Morgan fingerprint density at radius 1 is 1.23 bits per heavy atom. The number of carbonyl (C=O) groups excluding carboxylic acids is 1. The second kappa shape index (κ2) is 9.59. The number of nitrogens with one attached hydrogen (secondary N) is 2. The lowest BCUT2D eigenvalue weighted by molar-refractivity contribution is 0.134. The van der Waals surface area contributed by atoms with Gasteiger partial charge in [0.05, 0.1) is 24.3 Å². The first kappa shape index (κ1) is 21.5. The number of nitrogens with zero attached hydrogens (tertiary/aromatic N) is 4. The largest absolute Gasteiger partial charge is 0.444 e. The Morgan fingerprint density at radius 2 is 1.97 bits per heavy atom. The molecule has 2 aromatic rings. The molecule has 2 aliphatic rings. The Morgan fingerprint density at radius 3 is 2.68 bits per heavy atom. The minimum atomic E-state index is -0.508. The third-order valence-corrected chi connectivity index (χ3v) is 5.76. The zero-order chi connectivity index (χ0) is 21.8. The SMILES string of the molecule is CC(Nc1ncc2c(n1)N(C(C)CO)C(=O)OC2)c1ccc(CN2CCNCC2)cc1. The van der Waals surface area contributed by atoms with Crippen LogP contribution < -0.4 is 15.5 Å². The van der Waals surface area contributed by atoms with Crippen molar-refractivity contribution < 1.29 is 14.6 Å². The van der Waals surface area contributed by atoms with Crippen LogP contribution in [0.3, 0.4) is 0 Å². The Hall–Kier alpha value is -2.75. The number of hydrogen-bond acceptors (Lipinski definition) is 8. The molecule has 1 aromatic heterocycles. The Labute approximate surface area is 182 Å². The van der Waals surface area contributed by atoms with Crippen molar-refractivity contribution in [3.05, 3.63) is 47.2 Å². The van der Waals surface area contributed by atoms with Crippen LogP contribution in [-0.2, 0) is 17.9 Å². The summed E-state index contributed by atoms with van der Waals surface area (Å²) in [6.07, 6.45) is 1.16. The van der Waals surface area contributed by atoms with Gasteiger partial charge in [0, 0.05) is 38.9 Å². The number of hydrogen-bond donors (Lipinski definition) is 3. The molecule has 166 valence electrons. The molecule has 0 spiro atoms. The first-order valence-corrected chi connectivity index (χ1v) is 10.8. The monoisotopic (exact) mass is 426 g/mol. The Balaban J connectivity index is 1.44. The molecule has 0 bridgehead atoms. The maximum Gasteiger partial charge on any atom is 0.416 e. The third kappa shape index (κ3) is 4.95. The summed E-state index contributed by atoms with van der Waals surface area (Å²) in [7, 11) is 0. The normalized spacial score (nSPS) is 18.8. The highest BCUT2D eigenvalue weighted by Gasteiger charge is 2.31. The number of aliphatic hydroxyl groups is 1. The molecule has 9 heteroatoms. The molecule has 2 aliphatic heterocycles. The predicted octanol–water partition coefficient (Wildman–Crippen LogP) is 1.89. The first-order chi connectivity index (χ1) is 15.0. The van der Waals surface area contributed by atoms with E-state index in [2.05, 4.69) is 56.7 Å². The molecule has 0 radical (unpaired) electrons. The molecule has 9 nitrogen and oxygen atoms in total. The highest BCUT2D eigenvalue weighted by atomic mass is 16.6. The van der Waals surface area contributed by atoms with Gasteiger partial charge in [-0.3, -0.25) is 9.80 Å². The molecule has 1 aromatic carbocycles. The summed E-state index contributed by atoms with van der Waals surface area (Å²) in [4.78, 5) is 25.0. The van der Waals surface area contributed by atoms with Crippen LogP contribution in [0.1, 0.15) is 36.6 Å². The molecule has 4 rings (SSSR count). The molecule has 31 heavy (non-hydrogen) atoms. The molecule has 1 amide bonds. The molecule has 0 aliphatic carbocycles. The number of ether oxygens (including phenoxy) is 1. The fourth-order valence-electron chi connectivity index (χ4n) is 3.86. The van der Waals surface area contributed by atoms with Gasteiger partial charge in [-0.1, -0.05) is 24.3 Å². The second-order valence-electron chi connectivity index (χ2n) is 8.13. The van der Waals surface area contributed by atoms with Crippen molar-refractivity contribution in [1.82, 2.24) is 20.2 Å². The summed E-state index contributed by atoms with van der Waals surface area (Å²) in [6, 6.07) is 8.16. The van der Waals surface area contributed by atoms with Gasteiger partial charge in [-0.05, 0) is 25.0 Å². The summed E-state index contributed by atoms with van der Waals surface area (Å²) in [6.45, 7) is 8.96. The van der Waals surface area contributed by atoms with Gasteiger partial charge in [0.25, 0.3) is 0 Å². The van der Waals surface area contributed by atoms with Crippen LogP contribution in [0.2, 0.25) is 0 Å². The maximum atomic E-state index is 12.2. The van der Waals surface area contributed by atoms with Gasteiger partial charge >= 0.3 is 6.09 Å². The number of aromatic nitrogens is 2. The third-order valence-electron chi connectivity index (χ3n) is 5.76. The average Bonchev–Trinajstić information content (AvgIpc) is 2.79. The van der Waals surface area contributed by atoms with Crippen molar-refractivity contribution in [2.45, 2.75) is 39.1 Å². The highest BCUT2D eigenvalue weighted by Crippen LogP contribution is 2.28. The van der Waals surface area contributed by atoms with E-state index < -0.39 is 12.1 Å². The van der Waals surface area contributed by atoms with E-state index in [1.807, 2.05) is 0 Å². The number of amides is 1. The van der Waals surface area contributed by atoms with Crippen LogP contribution in [0, 0.1) is 0 Å². The van der Waals surface area contributed by atoms with E-state index in [1.54, 1.807) is 13.1 Å². The van der Waals surface area contributed by atoms with Crippen LogP contribution in [0.25, 0.3) is 0 Å². The number of carbonyl (C=O) groups is 1. The van der Waals surface area contributed by atoms with E-state index in [-0.39, 0.29) is 19.3 Å². The van der Waals surface area contributed by atoms with Gasteiger partial charge in [0.1, 0.15) is 6.61 Å². The average molecular weight is 427 g/mol. The number of aliphatic hydroxyl groups excluding tert-OH is 1. The molecule has 0 saturated carbocycles. The number of anilines is 2. The van der Waals surface area contributed by atoms with Gasteiger partial charge in [-0.25, -0.2) is 9.78 Å². The zero-order valence-electron chi connectivity index (χ0n) is 18.0. The molecule has 2 atom stereocenters. The molecular weight excluding hydrogens is 396 g/mol. The summed E-state index contributed by atoms with van der Waals surface area (Å²) < 4.78 is 5.16. The van der Waals surface area contributed by atoms with E-state index in [4.69, 9.17) is 4.74 Å². The van der Waals surface area contributed by atoms with Gasteiger partial charge in [-0.2, -0.15) is 4.98 Å². The van der Waals surface area contributed by atoms with Crippen LogP contribution in [-0.4, -0.2) is 64.9 Å². The lowest BCUT2D eigenvalue weighted by Gasteiger charge is -2.31. The molecule has 3 heterocycles. The van der Waals surface area contributed by atoms with Crippen molar-refractivity contribution in [3.63, 3.8) is 0 Å². The highest BCUT2D eigenvalue weighted by molar-refractivity contribution is 5.89. The fourth-order valence-corrected chi connectivity index (χ4v) is 3.86. The van der Waals surface area contributed by atoms with E-state index in [9.17, 15) is 9.90 Å². The van der Waals surface area contributed by atoms with E-state index in [0.717, 1.165) is 43.9 Å². The first-order valence-electron chi connectivity index (χ1n) is 10.8. The quantitative estimate of drug-likeness (QED) is 0.617. The topological polar surface area (TPSA) is 103 Å². The number of rotatable bonds is 7. The van der Waals surface area contributed by atoms with Crippen molar-refractivity contribution in [2.24, 2.45) is 0 Å². The van der Waals surface area contributed by atoms with Crippen molar-refractivity contribution >= 4 is 17.9 Å². The van der Waals surface area contributed by atoms with Gasteiger partial charge < -0.3 is 20.5 Å². The minimum absolute atomic E-state index is 0.00876. The summed E-state index contributed by atoms with van der Waals surface area (Å²) in [5, 5.41) is 16.2. The number of piperazine rings is 1. The fraction of sp³-hybridized carbons (Fsp3) is 0.500. The Bertz CT molecular complexity index is 901. The molecular formula is C22H30N6O3. The zero-order valence-corrected chi connectivity index (χ0v) is 18.0. The standard InChI is InChI=1S/C22H30N6O3/c1-15(13-29)28-20-19(14-31-22(28)30)11-24-21(26-20)25-16(2)18-5-3-17(4-6-18)12-27-9-7-23-8-10-27/h3-6,11,15-16,23,29H,7-10,12-14H2,1-2H3,(H,24,25,26). The van der Waals surface area contributed by atoms with Gasteiger partial charge in [0.15, 0.2) is 5.82 Å². The molecule has 2 unspecified atom stereocenters. The molecule has 3 N–H and O–H groups in total. The summed E-state index contributed by atoms with van der Waals surface area (Å²) in [5.74, 6) is 0.912. The van der Waals surface area contributed by atoms with Crippen molar-refractivity contribution in [3.8, 4) is 0 Å². The smallest absolute Gasteiger partial charge is 0.416 e. The number of benzene rings is 1. The van der Waals surface area contributed by atoms with Crippen LogP contribution in [0.15, 0.2) is 30.5 Å². The van der Waals surface area contributed by atoms with Gasteiger partial charge in [0.2, 0.25) is 5.95 Å². The second-order valence-corrected chi connectivity index (χ2v) is 8.13. The van der Waals surface area contributed by atoms with Crippen molar-refractivity contribution in [2.75, 3.05) is 43.0 Å². The number of cyclic esters (lactones) is 1. The molecule has 1 saturated heterocycles. The summed E-state index contributed by atoms with van der Waals surface area (Å²) >= 11 is 0. The van der Waals surface area contributed by atoms with E-state index >= 15 is 0 Å². The van der Waals surface area contributed by atoms with E-state index in [1.165, 1.54) is 10.5 Å². The number of fused-ring (bicyclic) bond motifs is 1. The Kier molecular flexibility index (Phi) is 6.64. The van der Waals surface area contributed by atoms with Gasteiger partial charge in [-0.15, -0.1) is 0 Å². The summed E-state index contributed by atoms with van der Waals surface area (Å²) in [5.41, 5.74) is 3.15.